The predicted octanol–water partition coefficient (Wildman–Crippen LogP) is 2.82. The molecule has 22 heavy (non-hydrogen) atoms. The van der Waals surface area contributed by atoms with Crippen LogP contribution in [0.5, 0.6) is 0 Å². The molecule has 1 N–H and O–H groups in total. The molecule has 2 aromatic rings. The van der Waals surface area contributed by atoms with Gasteiger partial charge in [0, 0.05) is 31.0 Å². The molecule has 0 atom stereocenters. The number of carbonyl (C=O) groups excluding carboxylic acids is 1. The van der Waals surface area contributed by atoms with Crippen molar-refractivity contribution in [1.29, 1.82) is 0 Å². The van der Waals surface area contributed by atoms with Crippen molar-refractivity contribution in [3.8, 4) is 0 Å². The molecule has 1 fully saturated rings. The van der Waals surface area contributed by atoms with E-state index in [1.54, 1.807) is 23.1 Å². The normalized spacial score (nSPS) is 15.2. The van der Waals surface area contributed by atoms with E-state index in [0.29, 0.717) is 6.42 Å². The quantitative estimate of drug-likeness (QED) is 0.909. The first-order chi connectivity index (χ1) is 10.8. The van der Waals surface area contributed by atoms with Gasteiger partial charge in [0.05, 0.1) is 23.4 Å². The Kier molecular flexibility index (Phi) is 5.17. The Hall–Kier alpha value is -1.31. The van der Waals surface area contributed by atoms with Crippen LogP contribution in [0.1, 0.15) is 6.42 Å². The summed E-state index contributed by atoms with van der Waals surface area (Å²) in [5.74, 6) is 0.905. The molecule has 1 aliphatic heterocycles. The fourth-order valence-corrected chi connectivity index (χ4v) is 3.74. The Morgan fingerprint density at radius 1 is 1.45 bits per heavy atom. The van der Waals surface area contributed by atoms with Crippen LogP contribution in [0.4, 0.5) is 10.8 Å². The van der Waals surface area contributed by atoms with Gasteiger partial charge >= 0.3 is 0 Å². The average molecular weight is 337 g/mol. The summed E-state index contributed by atoms with van der Waals surface area (Å²) in [6.45, 7) is 3.29. The molecule has 0 unspecified atom stereocenters. The Morgan fingerprint density at radius 3 is 3.05 bits per heavy atom. The second kappa shape index (κ2) is 7.30. The number of thioether (sulfide) groups is 1. The Labute approximate surface area is 138 Å². The summed E-state index contributed by atoms with van der Waals surface area (Å²) in [6.07, 6.45) is 2.55. The van der Waals surface area contributed by atoms with Crippen molar-refractivity contribution in [1.82, 2.24) is 4.98 Å². The summed E-state index contributed by atoms with van der Waals surface area (Å²) >= 11 is 3.34. The van der Waals surface area contributed by atoms with Gasteiger partial charge in [-0.15, -0.1) is 0 Å². The summed E-state index contributed by atoms with van der Waals surface area (Å²) in [5, 5.41) is 3.98. The molecule has 0 saturated carbocycles. The lowest BCUT2D eigenvalue weighted by Crippen LogP contribution is -2.36. The summed E-state index contributed by atoms with van der Waals surface area (Å²) in [5.41, 5.74) is 1.82. The number of hydrogen-bond acceptors (Lipinski definition) is 6. The molecule has 3 rings (SSSR count). The van der Waals surface area contributed by atoms with E-state index in [1.807, 2.05) is 24.5 Å². The van der Waals surface area contributed by atoms with Crippen LogP contribution in [0.3, 0.4) is 0 Å². The number of morpholine rings is 1. The van der Waals surface area contributed by atoms with E-state index in [9.17, 15) is 4.79 Å². The number of fused-ring (bicyclic) bond motifs is 1. The maximum absolute atomic E-state index is 11.8. The number of amides is 1. The fraction of sp³-hybridized carbons (Fsp3) is 0.467. The monoisotopic (exact) mass is 337 g/mol. The van der Waals surface area contributed by atoms with Gasteiger partial charge in [-0.1, -0.05) is 11.3 Å². The molecular formula is C15H19N3O2S2. The van der Waals surface area contributed by atoms with Crippen molar-refractivity contribution >= 4 is 50.0 Å². The lowest BCUT2D eigenvalue weighted by molar-refractivity contribution is -0.115. The van der Waals surface area contributed by atoms with Gasteiger partial charge in [0.2, 0.25) is 5.91 Å². The van der Waals surface area contributed by atoms with Crippen LogP contribution in [0, 0.1) is 0 Å². The predicted molar refractivity (Wildman–Crippen MR) is 94.3 cm³/mol. The van der Waals surface area contributed by atoms with Crippen LogP contribution in [-0.4, -0.2) is 49.2 Å². The Morgan fingerprint density at radius 2 is 2.27 bits per heavy atom. The van der Waals surface area contributed by atoms with Crippen LogP contribution < -0.4 is 10.2 Å². The highest BCUT2D eigenvalue weighted by Crippen LogP contribution is 2.31. The Bertz CT molecular complexity index is 653. The molecule has 0 radical (unpaired) electrons. The number of carbonyl (C=O) groups is 1. The van der Waals surface area contributed by atoms with Crippen LogP contribution in [0.2, 0.25) is 0 Å². The van der Waals surface area contributed by atoms with Crippen molar-refractivity contribution in [3.63, 3.8) is 0 Å². The lowest BCUT2D eigenvalue weighted by atomic mass is 10.3. The van der Waals surface area contributed by atoms with Crippen molar-refractivity contribution < 1.29 is 9.53 Å². The van der Waals surface area contributed by atoms with Crippen LogP contribution >= 0.6 is 23.1 Å². The summed E-state index contributed by atoms with van der Waals surface area (Å²) in [7, 11) is 0. The van der Waals surface area contributed by atoms with E-state index in [-0.39, 0.29) is 5.91 Å². The third-order valence-corrected chi connectivity index (χ3v) is 5.17. The van der Waals surface area contributed by atoms with Crippen LogP contribution in [0.15, 0.2) is 18.2 Å². The zero-order chi connectivity index (χ0) is 15.4. The Balaban J connectivity index is 1.73. The topological polar surface area (TPSA) is 54.5 Å². The SMILES string of the molecule is CSCCC(=O)Nc1ccc2nc(N3CCOCC3)sc2c1. The largest absolute Gasteiger partial charge is 0.378 e. The van der Waals surface area contributed by atoms with Crippen molar-refractivity contribution in [3.05, 3.63) is 18.2 Å². The maximum atomic E-state index is 11.8. The molecule has 2 heterocycles. The number of anilines is 2. The second-order valence-corrected chi connectivity index (χ2v) is 7.06. The molecule has 1 aromatic heterocycles. The highest BCUT2D eigenvalue weighted by atomic mass is 32.2. The zero-order valence-corrected chi connectivity index (χ0v) is 14.1. The first-order valence-corrected chi connectivity index (χ1v) is 9.49. The molecule has 5 nitrogen and oxygen atoms in total. The van der Waals surface area contributed by atoms with Gasteiger partial charge in [-0.25, -0.2) is 4.98 Å². The third-order valence-electron chi connectivity index (χ3n) is 3.48. The number of aromatic nitrogens is 1. The van der Waals surface area contributed by atoms with Gasteiger partial charge in [0.25, 0.3) is 0 Å². The van der Waals surface area contributed by atoms with Crippen LogP contribution in [-0.2, 0) is 9.53 Å². The molecule has 1 aliphatic rings. The molecule has 0 spiro atoms. The number of nitrogens with zero attached hydrogens (tertiary/aromatic N) is 2. The molecule has 0 bridgehead atoms. The van der Waals surface area contributed by atoms with Gasteiger partial charge in [0.1, 0.15) is 0 Å². The van der Waals surface area contributed by atoms with E-state index in [4.69, 9.17) is 4.74 Å². The molecule has 0 aliphatic carbocycles. The standard InChI is InChI=1S/C15H19N3O2S2/c1-21-9-4-14(19)16-11-2-3-12-13(10-11)22-15(17-12)18-5-7-20-8-6-18/h2-3,10H,4-9H2,1H3,(H,16,19). The van der Waals surface area contributed by atoms with E-state index >= 15 is 0 Å². The van der Waals surface area contributed by atoms with Crippen LogP contribution in [0.25, 0.3) is 10.2 Å². The van der Waals surface area contributed by atoms with E-state index in [1.165, 1.54) is 0 Å². The van der Waals surface area contributed by atoms with Gasteiger partial charge in [-0.3, -0.25) is 4.79 Å². The van der Waals surface area contributed by atoms with E-state index in [2.05, 4.69) is 15.2 Å². The van der Waals surface area contributed by atoms with E-state index in [0.717, 1.165) is 53.1 Å². The summed E-state index contributed by atoms with van der Waals surface area (Å²) in [4.78, 5) is 18.7. The third kappa shape index (κ3) is 3.71. The van der Waals surface area contributed by atoms with Crippen molar-refractivity contribution in [2.24, 2.45) is 0 Å². The van der Waals surface area contributed by atoms with Gasteiger partial charge in [-0.05, 0) is 24.5 Å². The molecule has 7 heteroatoms. The number of benzene rings is 1. The second-order valence-electron chi connectivity index (χ2n) is 5.07. The minimum atomic E-state index is 0.0617. The van der Waals surface area contributed by atoms with E-state index < -0.39 is 0 Å². The fourth-order valence-electron chi connectivity index (χ4n) is 2.30. The average Bonchev–Trinajstić information content (AvgIpc) is 2.97. The minimum absolute atomic E-state index is 0.0617. The molecule has 118 valence electrons. The highest BCUT2D eigenvalue weighted by molar-refractivity contribution is 7.98. The minimum Gasteiger partial charge on any atom is -0.378 e. The summed E-state index contributed by atoms with van der Waals surface area (Å²) in [6, 6.07) is 5.90. The summed E-state index contributed by atoms with van der Waals surface area (Å²) < 4.78 is 6.48. The number of rotatable bonds is 5. The molecule has 1 aromatic carbocycles. The number of nitrogens with one attached hydrogen (secondary N) is 1. The lowest BCUT2D eigenvalue weighted by Gasteiger charge is -2.25. The van der Waals surface area contributed by atoms with Crippen molar-refractivity contribution in [2.45, 2.75) is 6.42 Å². The highest BCUT2D eigenvalue weighted by Gasteiger charge is 2.15. The first kappa shape index (κ1) is 15.6. The first-order valence-electron chi connectivity index (χ1n) is 7.28. The number of thiazole rings is 1. The molecule has 1 saturated heterocycles. The smallest absolute Gasteiger partial charge is 0.225 e. The zero-order valence-electron chi connectivity index (χ0n) is 12.5. The van der Waals surface area contributed by atoms with Gasteiger partial charge < -0.3 is 15.0 Å². The maximum Gasteiger partial charge on any atom is 0.225 e. The molecule has 1 amide bonds. The number of hydrogen-bond donors (Lipinski definition) is 1. The van der Waals surface area contributed by atoms with Crippen molar-refractivity contribution in [2.75, 3.05) is 48.5 Å². The molecular weight excluding hydrogens is 318 g/mol. The number of ether oxygens (including phenoxy) is 1. The van der Waals surface area contributed by atoms with Gasteiger partial charge in [-0.2, -0.15) is 11.8 Å². The van der Waals surface area contributed by atoms with Gasteiger partial charge in [0.15, 0.2) is 5.13 Å².